The van der Waals surface area contributed by atoms with Gasteiger partial charge in [-0.25, -0.2) is 0 Å². The number of amides is 2. The largest absolute Gasteiger partial charge is 0.497 e. The summed E-state index contributed by atoms with van der Waals surface area (Å²) in [6, 6.07) is 8.95. The van der Waals surface area contributed by atoms with Crippen LogP contribution in [0, 0.1) is 11.3 Å². The molecule has 2 amide bonds. The molecule has 0 aromatic heterocycles. The number of imide groups is 1. The molecule has 0 radical (unpaired) electrons. The molecule has 0 saturated carbocycles. The Morgan fingerprint density at radius 3 is 2.41 bits per heavy atom. The van der Waals surface area contributed by atoms with Gasteiger partial charge in [-0.1, -0.05) is 12.1 Å². The fraction of sp³-hybridized carbons (Fsp3) is 0.381. The van der Waals surface area contributed by atoms with E-state index in [0.29, 0.717) is 42.6 Å². The average molecular weight is 364 g/mol. The molecule has 0 bridgehead atoms. The van der Waals surface area contributed by atoms with Gasteiger partial charge >= 0.3 is 0 Å². The lowest BCUT2D eigenvalue weighted by atomic mass is 9.74. The second-order valence-electron chi connectivity index (χ2n) is 7.00. The Morgan fingerprint density at radius 2 is 1.85 bits per heavy atom. The zero-order valence-electron chi connectivity index (χ0n) is 15.3. The molecule has 0 saturated heterocycles. The summed E-state index contributed by atoms with van der Waals surface area (Å²) in [7, 11) is 3.13. The predicted octanol–water partition coefficient (Wildman–Crippen LogP) is 2.97. The molecule has 6 heteroatoms. The van der Waals surface area contributed by atoms with Gasteiger partial charge in [0.05, 0.1) is 18.2 Å². The number of carbonyl (C=O) groups excluding carboxylic acids is 2. The van der Waals surface area contributed by atoms with E-state index in [1.165, 1.54) is 12.0 Å². The molecular formula is C21H20N2O4. The van der Waals surface area contributed by atoms with E-state index >= 15 is 0 Å². The fourth-order valence-corrected chi connectivity index (χ4v) is 4.43. The first-order valence-corrected chi connectivity index (χ1v) is 8.96. The molecule has 1 aromatic rings. The van der Waals surface area contributed by atoms with Gasteiger partial charge in [0, 0.05) is 19.6 Å². The molecule has 138 valence electrons. The highest BCUT2D eigenvalue weighted by atomic mass is 16.5. The molecule has 1 aliphatic heterocycles. The smallest absolute Gasteiger partial charge is 0.261 e. The molecule has 3 aliphatic rings. The highest BCUT2D eigenvalue weighted by molar-refractivity contribution is 6.21. The van der Waals surface area contributed by atoms with Crippen LogP contribution >= 0.6 is 0 Å². The number of ether oxygens (including phenoxy) is 2. The highest BCUT2D eigenvalue weighted by Crippen LogP contribution is 2.45. The van der Waals surface area contributed by atoms with E-state index in [-0.39, 0.29) is 17.9 Å². The number of carbonyl (C=O) groups is 2. The Balaban J connectivity index is 1.70. The first-order valence-electron chi connectivity index (χ1n) is 8.96. The van der Waals surface area contributed by atoms with E-state index in [9.17, 15) is 14.9 Å². The van der Waals surface area contributed by atoms with Gasteiger partial charge in [0.1, 0.15) is 11.8 Å². The minimum absolute atomic E-state index is 0.248. The van der Waals surface area contributed by atoms with E-state index in [4.69, 9.17) is 9.47 Å². The van der Waals surface area contributed by atoms with Gasteiger partial charge in [-0.15, -0.1) is 0 Å². The van der Waals surface area contributed by atoms with Gasteiger partial charge in [-0.3, -0.25) is 14.5 Å². The second-order valence-corrected chi connectivity index (χ2v) is 7.00. The van der Waals surface area contributed by atoms with Crippen LogP contribution in [0.4, 0.5) is 0 Å². The quantitative estimate of drug-likeness (QED) is 0.771. The van der Waals surface area contributed by atoms with Crippen molar-refractivity contribution in [2.45, 2.75) is 37.3 Å². The Kier molecular flexibility index (Phi) is 4.12. The molecule has 4 rings (SSSR count). The number of nitrogens with zero attached hydrogens (tertiary/aromatic N) is 2. The van der Waals surface area contributed by atoms with Crippen LogP contribution in [0.3, 0.4) is 0 Å². The second kappa shape index (κ2) is 6.36. The van der Waals surface area contributed by atoms with E-state index in [2.05, 4.69) is 6.07 Å². The number of hydrogen-bond donors (Lipinski definition) is 0. The third-order valence-corrected chi connectivity index (χ3v) is 5.83. The van der Waals surface area contributed by atoms with Crippen LogP contribution < -0.4 is 0 Å². The molecule has 0 N–H and O–H groups in total. The lowest BCUT2D eigenvalue weighted by Gasteiger charge is -2.40. The van der Waals surface area contributed by atoms with Crippen molar-refractivity contribution in [2.75, 3.05) is 14.2 Å². The van der Waals surface area contributed by atoms with Crippen LogP contribution in [-0.2, 0) is 9.47 Å². The molecule has 0 spiro atoms. The third-order valence-electron chi connectivity index (χ3n) is 5.83. The van der Waals surface area contributed by atoms with Crippen molar-refractivity contribution in [3.63, 3.8) is 0 Å². The average Bonchev–Trinajstić information content (AvgIpc) is 2.97. The summed E-state index contributed by atoms with van der Waals surface area (Å²) in [6.07, 6.45) is 3.94. The number of rotatable bonds is 3. The summed E-state index contributed by atoms with van der Waals surface area (Å²) in [5, 5.41) is 9.72. The number of methoxy groups -OCH3 is 2. The van der Waals surface area contributed by atoms with E-state index in [1.54, 1.807) is 31.4 Å². The van der Waals surface area contributed by atoms with Crippen molar-refractivity contribution in [1.29, 1.82) is 5.26 Å². The van der Waals surface area contributed by atoms with Gasteiger partial charge in [0.25, 0.3) is 11.8 Å². The van der Waals surface area contributed by atoms with Crippen LogP contribution in [0.15, 0.2) is 47.2 Å². The molecule has 2 unspecified atom stereocenters. The van der Waals surface area contributed by atoms with Gasteiger partial charge in [-0.05, 0) is 48.6 Å². The molecule has 0 fully saturated rings. The van der Waals surface area contributed by atoms with Gasteiger partial charge in [0.15, 0.2) is 5.60 Å². The van der Waals surface area contributed by atoms with Crippen LogP contribution in [-0.4, -0.2) is 42.6 Å². The van der Waals surface area contributed by atoms with Crippen molar-refractivity contribution in [1.82, 2.24) is 4.90 Å². The fourth-order valence-electron chi connectivity index (χ4n) is 4.43. The van der Waals surface area contributed by atoms with E-state index in [1.807, 2.05) is 6.08 Å². The highest BCUT2D eigenvalue weighted by Gasteiger charge is 2.46. The predicted molar refractivity (Wildman–Crippen MR) is 96.7 cm³/mol. The van der Waals surface area contributed by atoms with Crippen LogP contribution in [0.25, 0.3) is 0 Å². The summed E-state index contributed by atoms with van der Waals surface area (Å²) in [6.45, 7) is 0. The van der Waals surface area contributed by atoms with Crippen LogP contribution in [0.1, 0.15) is 46.4 Å². The first kappa shape index (κ1) is 17.5. The number of benzene rings is 1. The van der Waals surface area contributed by atoms with Gasteiger partial charge < -0.3 is 9.47 Å². The van der Waals surface area contributed by atoms with Crippen molar-refractivity contribution >= 4 is 11.8 Å². The van der Waals surface area contributed by atoms with Crippen LogP contribution in [0.5, 0.6) is 0 Å². The van der Waals surface area contributed by atoms with E-state index < -0.39 is 5.60 Å². The third kappa shape index (κ3) is 2.42. The van der Waals surface area contributed by atoms with Crippen LogP contribution in [0.2, 0.25) is 0 Å². The molecule has 2 aliphatic carbocycles. The summed E-state index contributed by atoms with van der Waals surface area (Å²) >= 11 is 0. The maximum absolute atomic E-state index is 12.8. The monoisotopic (exact) mass is 364 g/mol. The summed E-state index contributed by atoms with van der Waals surface area (Å²) in [5.74, 6) is 0.206. The normalized spacial score (nSPS) is 27.1. The number of hydrogen-bond acceptors (Lipinski definition) is 5. The van der Waals surface area contributed by atoms with Gasteiger partial charge in [0.2, 0.25) is 0 Å². The minimum Gasteiger partial charge on any atom is -0.497 e. The molecule has 1 aromatic carbocycles. The first-order chi connectivity index (χ1) is 13.1. The lowest BCUT2D eigenvalue weighted by Crippen LogP contribution is -2.44. The Labute approximate surface area is 157 Å². The van der Waals surface area contributed by atoms with Gasteiger partial charge in [-0.2, -0.15) is 5.26 Å². The number of fused-ring (bicyclic) bond motifs is 1. The summed E-state index contributed by atoms with van der Waals surface area (Å²) in [4.78, 5) is 27.0. The Morgan fingerprint density at radius 1 is 1.19 bits per heavy atom. The molecule has 1 heterocycles. The van der Waals surface area contributed by atoms with Crippen molar-refractivity contribution in [2.24, 2.45) is 0 Å². The molecule has 27 heavy (non-hydrogen) atoms. The lowest BCUT2D eigenvalue weighted by molar-refractivity contribution is 0.0506. The molecule has 6 nitrogen and oxygen atoms in total. The van der Waals surface area contributed by atoms with Crippen molar-refractivity contribution in [3.8, 4) is 6.07 Å². The Bertz CT molecular complexity index is 905. The standard InChI is InChI=1S/C21H20N2O4/c1-26-18-9-10-21(12-22,27-2)17-8-7-13(11-16(17)18)23-19(24)14-5-3-4-6-15(14)20(23)25/h3-6,9,13H,7-8,10-11H2,1-2H3. The zero-order valence-corrected chi connectivity index (χ0v) is 15.3. The SMILES string of the molecule is COC1=CCC(C#N)(OC)C2=C1CC(N1C(=O)c3ccccc3C1=O)CC2. The van der Waals surface area contributed by atoms with E-state index in [0.717, 1.165) is 11.1 Å². The van der Waals surface area contributed by atoms with Crippen molar-refractivity contribution in [3.05, 3.63) is 58.4 Å². The Hall–Kier alpha value is -2.91. The topological polar surface area (TPSA) is 79.6 Å². The zero-order chi connectivity index (χ0) is 19.2. The van der Waals surface area contributed by atoms with Crippen molar-refractivity contribution < 1.29 is 19.1 Å². The number of nitriles is 1. The minimum atomic E-state index is -0.996. The maximum Gasteiger partial charge on any atom is 0.261 e. The maximum atomic E-state index is 12.8. The molecular weight excluding hydrogens is 344 g/mol. The number of allylic oxidation sites excluding steroid dienone is 1. The molecule has 2 atom stereocenters. The summed E-state index contributed by atoms with van der Waals surface area (Å²) < 4.78 is 11.1. The summed E-state index contributed by atoms with van der Waals surface area (Å²) in [5.41, 5.74) is 1.69.